The molecule has 6 aliphatic rings. The Morgan fingerprint density at radius 2 is 1.39 bits per heavy atom. The molecule has 0 radical (unpaired) electrons. The summed E-state index contributed by atoms with van der Waals surface area (Å²) in [6.07, 6.45) is 8.81. The quantitative estimate of drug-likeness (QED) is 0.0300. The summed E-state index contributed by atoms with van der Waals surface area (Å²) >= 11 is 0. The molecule has 1 unspecified atom stereocenters. The van der Waals surface area contributed by atoms with E-state index >= 15 is 0 Å². The molecule has 2 fully saturated rings. The van der Waals surface area contributed by atoms with Gasteiger partial charge < -0.3 is 64.6 Å². The minimum absolute atomic E-state index is 0.0663. The third kappa shape index (κ3) is 14.2. The van der Waals surface area contributed by atoms with E-state index in [0.29, 0.717) is 105 Å². The predicted molar refractivity (Wildman–Crippen MR) is 328 cm³/mol. The van der Waals surface area contributed by atoms with Crippen molar-refractivity contribution in [2.24, 2.45) is 11.3 Å². The summed E-state index contributed by atoms with van der Waals surface area (Å²) in [5, 5.41) is 23.8. The maximum atomic E-state index is 14.4. The van der Waals surface area contributed by atoms with Crippen LogP contribution in [0.2, 0.25) is 0 Å². The number of nitrogens with one attached hydrogen (secondary N) is 4. The zero-order valence-electron chi connectivity index (χ0n) is 51.1. The monoisotopic (exact) mass is 1220 g/mol. The zero-order chi connectivity index (χ0) is 63.1. The molecule has 23 nitrogen and oxygen atoms in total. The van der Waals surface area contributed by atoms with E-state index < -0.39 is 42.3 Å². The van der Waals surface area contributed by atoms with Crippen LogP contribution in [0.15, 0.2) is 91.1 Å². The third-order valence-electron chi connectivity index (χ3n) is 17.3. The number of aliphatic hydroxyl groups excluding tert-OH is 1. The first-order chi connectivity index (χ1) is 42.9. The molecule has 5 heterocycles. The van der Waals surface area contributed by atoms with E-state index in [1.54, 1.807) is 74.3 Å². The zero-order valence-corrected chi connectivity index (χ0v) is 51.1. The minimum Gasteiger partial charge on any atom is -0.497 e. The highest BCUT2D eigenvalue weighted by Gasteiger charge is 2.58. The Labute approximate surface area is 517 Å². The van der Waals surface area contributed by atoms with Crippen molar-refractivity contribution in [2.75, 3.05) is 69.7 Å². The van der Waals surface area contributed by atoms with Gasteiger partial charge in [-0.3, -0.25) is 38.5 Å². The molecule has 1 saturated carbocycles. The third-order valence-corrected chi connectivity index (χ3v) is 17.3. The molecule has 0 aromatic heterocycles. The van der Waals surface area contributed by atoms with Gasteiger partial charge in [-0.05, 0) is 129 Å². The lowest BCUT2D eigenvalue weighted by atomic mass is 10.0. The van der Waals surface area contributed by atoms with Gasteiger partial charge in [0.05, 0.1) is 69.1 Å². The first kappa shape index (κ1) is 62.9. The molecular formula is C66H78N8O15. The Bertz CT molecular complexity index is 3400. The van der Waals surface area contributed by atoms with Crippen molar-refractivity contribution < 1.29 is 71.9 Å². The van der Waals surface area contributed by atoms with E-state index in [0.717, 1.165) is 39.5 Å². The van der Waals surface area contributed by atoms with Crippen molar-refractivity contribution in [3.8, 4) is 28.7 Å². The Morgan fingerprint density at radius 1 is 0.730 bits per heavy atom. The summed E-state index contributed by atoms with van der Waals surface area (Å²) in [7, 11) is 4.64. The maximum Gasteiger partial charge on any atom is 0.416 e. The van der Waals surface area contributed by atoms with Crippen LogP contribution in [0.25, 0.3) is 5.57 Å². The molecule has 5 aliphatic heterocycles. The highest BCUT2D eigenvalue weighted by atomic mass is 16.6. The molecule has 1 spiro atoms. The molecule has 23 heteroatoms. The summed E-state index contributed by atoms with van der Waals surface area (Å²) < 4.78 is 35.2. The topological polar surface area (TPSA) is 273 Å². The predicted octanol–water partition coefficient (Wildman–Crippen LogP) is 7.56. The highest BCUT2D eigenvalue weighted by molar-refractivity contribution is 6.13. The number of fused-ring (bicyclic) bond motifs is 4. The van der Waals surface area contributed by atoms with Crippen molar-refractivity contribution in [2.45, 2.75) is 128 Å². The molecular weight excluding hydrogens is 1140 g/mol. The number of hydrogen-bond acceptors (Lipinski definition) is 16. The molecule has 472 valence electrons. The van der Waals surface area contributed by atoms with Gasteiger partial charge in [0.25, 0.3) is 23.6 Å². The number of methoxy groups -OCH3 is 3. The van der Waals surface area contributed by atoms with Gasteiger partial charge in [-0.25, -0.2) is 9.69 Å². The van der Waals surface area contributed by atoms with Crippen LogP contribution in [0.5, 0.6) is 28.7 Å². The van der Waals surface area contributed by atoms with Gasteiger partial charge in [-0.15, -0.1) is 0 Å². The van der Waals surface area contributed by atoms with Crippen molar-refractivity contribution in [3.63, 3.8) is 0 Å². The summed E-state index contributed by atoms with van der Waals surface area (Å²) in [6.45, 7) is 6.72. The fraction of sp³-hybridized carbons (Fsp3) is 0.455. The lowest BCUT2D eigenvalue weighted by Crippen LogP contribution is -2.53. The number of anilines is 3. The van der Waals surface area contributed by atoms with E-state index in [1.807, 2.05) is 36.5 Å². The average molecular weight is 1220 g/mol. The minimum atomic E-state index is -1.45. The van der Waals surface area contributed by atoms with Crippen molar-refractivity contribution in [1.82, 2.24) is 25.3 Å². The van der Waals surface area contributed by atoms with Crippen LogP contribution >= 0.6 is 0 Å². The van der Waals surface area contributed by atoms with Crippen LogP contribution in [0.1, 0.15) is 123 Å². The second-order valence-corrected chi connectivity index (χ2v) is 23.9. The summed E-state index contributed by atoms with van der Waals surface area (Å²) in [4.78, 5) is 111. The largest absolute Gasteiger partial charge is 0.497 e. The number of benzene rings is 4. The molecule has 8 amide bonds. The van der Waals surface area contributed by atoms with Crippen LogP contribution in [0.3, 0.4) is 0 Å². The average Bonchev–Trinajstić information content (AvgIpc) is 1.62. The second kappa shape index (κ2) is 27.5. The van der Waals surface area contributed by atoms with Crippen LogP contribution in [0, 0.1) is 11.3 Å². The molecule has 4 aromatic carbocycles. The number of hydrogen-bond donors (Lipinski definition) is 5. The fourth-order valence-corrected chi connectivity index (χ4v) is 12.0. The van der Waals surface area contributed by atoms with Gasteiger partial charge in [0.1, 0.15) is 24.4 Å². The normalized spacial score (nSPS) is 19.2. The first-order valence-electron chi connectivity index (χ1n) is 30.5. The van der Waals surface area contributed by atoms with Crippen molar-refractivity contribution in [3.05, 3.63) is 113 Å². The number of unbranched alkanes of at least 4 members (excludes halogenated alkanes) is 4. The maximum absolute atomic E-state index is 14.4. The second-order valence-electron chi connectivity index (χ2n) is 23.9. The van der Waals surface area contributed by atoms with Crippen molar-refractivity contribution in [1.29, 1.82) is 0 Å². The smallest absolute Gasteiger partial charge is 0.416 e. The lowest BCUT2D eigenvalue weighted by Gasteiger charge is -2.31. The number of carbonyl (C=O) groups is 8. The van der Waals surface area contributed by atoms with Gasteiger partial charge >= 0.3 is 6.09 Å². The highest BCUT2D eigenvalue weighted by Crippen LogP contribution is 2.57. The van der Waals surface area contributed by atoms with Crippen LogP contribution in [-0.4, -0.2) is 152 Å². The van der Waals surface area contributed by atoms with Crippen LogP contribution in [0.4, 0.5) is 21.9 Å². The van der Waals surface area contributed by atoms with Gasteiger partial charge in [0.15, 0.2) is 29.2 Å². The van der Waals surface area contributed by atoms with E-state index in [4.69, 9.17) is 28.4 Å². The van der Waals surface area contributed by atoms with Crippen LogP contribution in [-0.2, 0) is 35.3 Å². The van der Waals surface area contributed by atoms with Crippen molar-refractivity contribution >= 4 is 70.1 Å². The summed E-state index contributed by atoms with van der Waals surface area (Å²) in [5.41, 5.74) is 4.35. The van der Waals surface area contributed by atoms with E-state index in [2.05, 4.69) is 21.3 Å². The molecule has 1 saturated heterocycles. The first-order valence-corrected chi connectivity index (χ1v) is 30.5. The molecule has 1 aliphatic carbocycles. The Hall–Kier alpha value is -9.12. The standard InChI is InChI=1S/C66H78N8O15/c1-39(2)59(70-56(75)13-9-7-10-26-71-57(76)22-23-58(71)77)61(79)68-40(3)60(78)69-44-18-14-41(15-19-44)37-89-65(83)74-50-33-55(53(86-6)31-48(50)63(81)73-38-66(24-25-66)34-51(73)64(74)82)88-28-12-8-11-27-87-54-32-49-47(30-52(54)85-5)62(80)72-36-43(29-45(72)35-67-49)42-16-20-46(84-4)21-17-42/h14-23,30-33,36,39-40,45,51,59,64,67,82H,7-13,24-29,34-35,37-38H2,1-6H3,(H,68,79)(H,69,78)(H,70,75)/t40-,45-,51-,59-,64?/m0/s1. The molecule has 5 atom stereocenters. The lowest BCUT2D eigenvalue weighted by molar-refractivity contribution is -0.137. The number of imide groups is 1. The number of rotatable bonds is 26. The van der Waals surface area contributed by atoms with E-state index in [1.165, 1.54) is 32.3 Å². The molecule has 89 heavy (non-hydrogen) atoms. The Kier molecular flexibility index (Phi) is 19.4. The number of ether oxygens (including phenoxy) is 6. The van der Waals surface area contributed by atoms with E-state index in [-0.39, 0.29) is 95.8 Å². The van der Waals surface area contributed by atoms with Gasteiger partial charge in [0.2, 0.25) is 17.7 Å². The molecule has 0 bridgehead atoms. The number of amides is 8. The summed E-state index contributed by atoms with van der Waals surface area (Å²) in [6, 6.07) is 18.3. The number of aliphatic hydroxyl groups is 1. The van der Waals surface area contributed by atoms with Gasteiger partial charge in [-0.1, -0.05) is 44.5 Å². The van der Waals surface area contributed by atoms with Gasteiger partial charge in [0, 0.05) is 62.2 Å². The molecule has 10 rings (SSSR count). The number of carbonyl (C=O) groups excluding carboxylic acids is 8. The Morgan fingerprint density at radius 3 is 2.04 bits per heavy atom. The van der Waals surface area contributed by atoms with E-state index in [9.17, 15) is 43.5 Å². The fourth-order valence-electron chi connectivity index (χ4n) is 12.0. The molecule has 4 aromatic rings. The Balaban J connectivity index is 0.712. The number of nitrogens with zero attached hydrogens (tertiary/aromatic N) is 4. The summed E-state index contributed by atoms with van der Waals surface area (Å²) in [5.74, 6) is -0.604. The van der Waals surface area contributed by atoms with Crippen LogP contribution < -0.4 is 49.9 Å². The van der Waals surface area contributed by atoms with Gasteiger partial charge in [-0.2, -0.15) is 0 Å². The molecule has 5 N–H and O–H groups in total. The SMILES string of the molecule is COc1ccc(C2=CN3C(=O)c4cc(OC)c(OCCCCCOc5cc6c(cc5OC)C(=O)N5CC7(CC7)C[C@H]5C(O)N6C(=O)OCc5ccc(NC(=O)[C@H](C)NC(=O)[C@@H](NC(=O)CCCCCN6C(=O)C=CC6=O)C(C)C)cc5)cc4NC[C@@H]3C2)cc1.